The molecule has 3 rings (SSSR count). The third-order valence-corrected chi connectivity index (χ3v) is 5.69. The molecular weight excluding hydrogens is 228 g/mol. The lowest BCUT2D eigenvalue weighted by Crippen LogP contribution is -2.15. The molecule has 0 saturated heterocycles. The molecule has 1 aromatic rings. The zero-order valence-electron chi connectivity index (χ0n) is 10.6. The summed E-state index contributed by atoms with van der Waals surface area (Å²) in [4.78, 5) is 6.29. The summed E-state index contributed by atoms with van der Waals surface area (Å²) < 4.78 is 0. The highest BCUT2D eigenvalue weighted by molar-refractivity contribution is 7.12. The Morgan fingerprint density at radius 3 is 2.88 bits per heavy atom. The van der Waals surface area contributed by atoms with Crippen molar-refractivity contribution < 1.29 is 0 Å². The van der Waals surface area contributed by atoms with E-state index in [1.807, 2.05) is 11.3 Å². The number of aryl methyl sites for hydroxylation is 1. The summed E-state index contributed by atoms with van der Waals surface area (Å²) in [6, 6.07) is 0.269. The minimum absolute atomic E-state index is 0.269. The van der Waals surface area contributed by atoms with Gasteiger partial charge in [-0.05, 0) is 38.0 Å². The standard InChI is InChI=1S/C14H22N2S/c1-9-4-2-5-10(8-9)14-16-12-7-3-6-11(15)13(12)17-14/h9-11H,2-8,15H2,1H3. The van der Waals surface area contributed by atoms with Crippen molar-refractivity contribution in [3.8, 4) is 0 Å². The molecule has 1 aromatic heterocycles. The first-order chi connectivity index (χ1) is 8.24. The molecule has 0 spiro atoms. The van der Waals surface area contributed by atoms with Crippen molar-refractivity contribution in [2.45, 2.75) is 63.8 Å². The van der Waals surface area contributed by atoms with Crippen LogP contribution in [0.15, 0.2) is 0 Å². The fourth-order valence-corrected chi connectivity index (χ4v) is 4.60. The second kappa shape index (κ2) is 4.69. The Hall–Kier alpha value is -0.410. The van der Waals surface area contributed by atoms with Crippen molar-refractivity contribution in [2.24, 2.45) is 11.7 Å². The normalized spacial score (nSPS) is 33.4. The van der Waals surface area contributed by atoms with E-state index >= 15 is 0 Å². The summed E-state index contributed by atoms with van der Waals surface area (Å²) >= 11 is 1.92. The van der Waals surface area contributed by atoms with Crippen LogP contribution in [0.4, 0.5) is 0 Å². The Balaban J connectivity index is 1.83. The number of nitrogens with zero attached hydrogens (tertiary/aromatic N) is 1. The molecule has 0 amide bonds. The van der Waals surface area contributed by atoms with Gasteiger partial charge in [-0.2, -0.15) is 0 Å². The average molecular weight is 250 g/mol. The van der Waals surface area contributed by atoms with Gasteiger partial charge in [-0.1, -0.05) is 19.8 Å². The van der Waals surface area contributed by atoms with Crippen molar-refractivity contribution in [1.29, 1.82) is 0 Å². The van der Waals surface area contributed by atoms with Crippen molar-refractivity contribution in [1.82, 2.24) is 4.98 Å². The molecule has 1 fully saturated rings. The molecule has 2 aliphatic carbocycles. The van der Waals surface area contributed by atoms with Crippen LogP contribution >= 0.6 is 11.3 Å². The number of aromatic nitrogens is 1. The molecule has 0 radical (unpaired) electrons. The van der Waals surface area contributed by atoms with Gasteiger partial charge in [0.15, 0.2) is 0 Å². The number of nitrogens with two attached hydrogens (primary N) is 1. The summed E-state index contributed by atoms with van der Waals surface area (Å²) in [5, 5.41) is 1.39. The van der Waals surface area contributed by atoms with E-state index in [9.17, 15) is 0 Å². The first-order valence-corrected chi connectivity index (χ1v) is 7.80. The minimum Gasteiger partial charge on any atom is -0.323 e. The Morgan fingerprint density at radius 1 is 1.24 bits per heavy atom. The van der Waals surface area contributed by atoms with E-state index < -0.39 is 0 Å². The summed E-state index contributed by atoms with van der Waals surface area (Å²) in [6.07, 6.45) is 8.98. The maximum absolute atomic E-state index is 6.19. The Kier molecular flexibility index (Phi) is 3.22. The molecule has 0 aromatic carbocycles. The van der Waals surface area contributed by atoms with Gasteiger partial charge in [0.1, 0.15) is 0 Å². The number of hydrogen-bond donors (Lipinski definition) is 1. The molecule has 17 heavy (non-hydrogen) atoms. The van der Waals surface area contributed by atoms with Crippen LogP contribution in [0.25, 0.3) is 0 Å². The SMILES string of the molecule is CC1CCCC(c2nc3c(s2)C(N)CCC3)C1. The summed E-state index contributed by atoms with van der Waals surface area (Å²) in [7, 11) is 0. The van der Waals surface area contributed by atoms with Crippen molar-refractivity contribution in [3.63, 3.8) is 0 Å². The van der Waals surface area contributed by atoms with Gasteiger partial charge in [-0.25, -0.2) is 4.98 Å². The van der Waals surface area contributed by atoms with Gasteiger partial charge in [-0.3, -0.25) is 0 Å². The number of hydrogen-bond acceptors (Lipinski definition) is 3. The average Bonchev–Trinajstić information content (AvgIpc) is 2.74. The highest BCUT2D eigenvalue weighted by atomic mass is 32.1. The van der Waals surface area contributed by atoms with Gasteiger partial charge in [0, 0.05) is 16.8 Å². The molecule has 2 nitrogen and oxygen atoms in total. The van der Waals surface area contributed by atoms with Gasteiger partial charge in [0.05, 0.1) is 10.7 Å². The zero-order chi connectivity index (χ0) is 11.8. The van der Waals surface area contributed by atoms with Crippen molar-refractivity contribution in [3.05, 3.63) is 15.6 Å². The molecule has 3 heteroatoms. The van der Waals surface area contributed by atoms with Crippen LogP contribution in [0.2, 0.25) is 0 Å². The van der Waals surface area contributed by atoms with Crippen LogP contribution in [0.3, 0.4) is 0 Å². The minimum atomic E-state index is 0.269. The lowest BCUT2D eigenvalue weighted by atomic mass is 9.83. The molecule has 94 valence electrons. The fourth-order valence-electron chi connectivity index (χ4n) is 3.30. The number of rotatable bonds is 1. The van der Waals surface area contributed by atoms with Crippen LogP contribution < -0.4 is 5.73 Å². The van der Waals surface area contributed by atoms with E-state index in [2.05, 4.69) is 6.92 Å². The maximum atomic E-state index is 6.19. The second-order valence-corrected chi connectivity index (χ2v) is 6.89. The Morgan fingerprint density at radius 2 is 2.12 bits per heavy atom. The second-order valence-electron chi connectivity index (χ2n) is 5.83. The molecule has 0 bridgehead atoms. The van der Waals surface area contributed by atoms with Crippen LogP contribution in [0.5, 0.6) is 0 Å². The number of thiazole rings is 1. The van der Waals surface area contributed by atoms with Gasteiger partial charge in [0.25, 0.3) is 0 Å². The maximum Gasteiger partial charge on any atom is 0.0962 e. The quantitative estimate of drug-likeness (QED) is 0.824. The molecule has 2 aliphatic rings. The third-order valence-electron chi connectivity index (χ3n) is 4.30. The van der Waals surface area contributed by atoms with E-state index in [0.29, 0.717) is 0 Å². The van der Waals surface area contributed by atoms with E-state index in [0.717, 1.165) is 24.7 Å². The highest BCUT2D eigenvalue weighted by Crippen LogP contribution is 2.41. The predicted octanol–water partition coefficient (Wildman–Crippen LogP) is 3.77. The first kappa shape index (κ1) is 11.7. The largest absolute Gasteiger partial charge is 0.323 e. The monoisotopic (exact) mass is 250 g/mol. The van der Waals surface area contributed by atoms with Crippen LogP contribution in [0.1, 0.15) is 73.0 Å². The zero-order valence-corrected chi connectivity index (χ0v) is 11.4. The summed E-state index contributed by atoms with van der Waals surface area (Å²) in [5.74, 6) is 1.60. The Bertz CT molecular complexity index is 399. The van der Waals surface area contributed by atoms with Crippen molar-refractivity contribution in [2.75, 3.05) is 0 Å². The predicted molar refractivity (Wildman–Crippen MR) is 72.4 cm³/mol. The molecule has 3 atom stereocenters. The molecule has 1 heterocycles. The van der Waals surface area contributed by atoms with E-state index in [-0.39, 0.29) is 6.04 Å². The fraction of sp³-hybridized carbons (Fsp3) is 0.786. The van der Waals surface area contributed by atoms with Gasteiger partial charge >= 0.3 is 0 Å². The smallest absolute Gasteiger partial charge is 0.0962 e. The van der Waals surface area contributed by atoms with Crippen LogP contribution in [-0.4, -0.2) is 4.98 Å². The number of fused-ring (bicyclic) bond motifs is 1. The summed E-state index contributed by atoms with van der Waals surface area (Å²) in [6.45, 7) is 2.38. The van der Waals surface area contributed by atoms with E-state index in [1.165, 1.54) is 47.7 Å². The van der Waals surface area contributed by atoms with Gasteiger partial charge < -0.3 is 5.73 Å². The van der Waals surface area contributed by atoms with Crippen LogP contribution in [0, 0.1) is 5.92 Å². The molecule has 3 unspecified atom stereocenters. The van der Waals surface area contributed by atoms with Gasteiger partial charge in [-0.15, -0.1) is 11.3 Å². The molecule has 0 aliphatic heterocycles. The van der Waals surface area contributed by atoms with Crippen LogP contribution in [-0.2, 0) is 6.42 Å². The third kappa shape index (κ3) is 2.27. The topological polar surface area (TPSA) is 38.9 Å². The van der Waals surface area contributed by atoms with Gasteiger partial charge in [0.2, 0.25) is 0 Å². The molecular formula is C14H22N2S. The van der Waals surface area contributed by atoms with Crippen molar-refractivity contribution >= 4 is 11.3 Å². The lowest BCUT2D eigenvalue weighted by Gasteiger charge is -2.24. The first-order valence-electron chi connectivity index (χ1n) is 6.99. The Labute approximate surface area is 108 Å². The highest BCUT2D eigenvalue weighted by Gasteiger charge is 2.27. The molecule has 1 saturated carbocycles. The van der Waals surface area contributed by atoms with E-state index in [1.54, 1.807) is 0 Å². The lowest BCUT2D eigenvalue weighted by molar-refractivity contribution is 0.343. The van der Waals surface area contributed by atoms with E-state index in [4.69, 9.17) is 10.7 Å². The molecule has 2 N–H and O–H groups in total. The summed E-state index contributed by atoms with van der Waals surface area (Å²) in [5.41, 5.74) is 7.51.